The van der Waals surface area contributed by atoms with Gasteiger partial charge >= 0.3 is 8.80 Å². The van der Waals surface area contributed by atoms with E-state index in [1.54, 1.807) is 14.2 Å². The molecule has 0 amide bonds. The molecule has 0 aromatic rings. The van der Waals surface area contributed by atoms with Crippen LogP contribution in [0.25, 0.3) is 0 Å². The Balaban J connectivity index is 4.44. The van der Waals surface area contributed by atoms with E-state index < -0.39 is 8.80 Å². The first-order valence-corrected chi connectivity index (χ1v) is 7.99. The molecule has 0 saturated heterocycles. The van der Waals surface area contributed by atoms with Gasteiger partial charge in [0, 0.05) is 20.3 Å². The van der Waals surface area contributed by atoms with Crippen molar-refractivity contribution in [2.45, 2.75) is 31.4 Å². The van der Waals surface area contributed by atoms with Crippen LogP contribution in [-0.4, -0.2) is 48.8 Å². The highest BCUT2D eigenvalue weighted by molar-refractivity contribution is 6.60. The smallest absolute Gasteiger partial charge is 0.377 e. The van der Waals surface area contributed by atoms with Gasteiger partial charge in [-0.3, -0.25) is 0 Å². The summed E-state index contributed by atoms with van der Waals surface area (Å²) in [5.41, 5.74) is 16.6. The zero-order valence-electron chi connectivity index (χ0n) is 11.0. The molecular weight excluding hydrogens is 238 g/mol. The van der Waals surface area contributed by atoms with E-state index in [2.05, 4.69) is 0 Å². The van der Waals surface area contributed by atoms with E-state index in [0.717, 1.165) is 25.3 Å². The van der Waals surface area contributed by atoms with E-state index in [4.69, 9.17) is 30.5 Å². The van der Waals surface area contributed by atoms with Gasteiger partial charge in [-0.25, -0.2) is 0 Å². The van der Waals surface area contributed by atoms with Gasteiger partial charge in [0.15, 0.2) is 0 Å². The van der Waals surface area contributed by atoms with Crippen LogP contribution in [0.2, 0.25) is 6.04 Å². The van der Waals surface area contributed by atoms with Crippen molar-refractivity contribution >= 4 is 8.80 Å². The van der Waals surface area contributed by atoms with Crippen LogP contribution in [-0.2, 0) is 13.3 Å². The Morgan fingerprint density at radius 3 is 1.82 bits per heavy atom. The first-order chi connectivity index (χ1) is 8.17. The summed E-state index contributed by atoms with van der Waals surface area (Å²) < 4.78 is 16.9. The van der Waals surface area contributed by atoms with Crippen LogP contribution in [0.15, 0.2) is 0 Å². The average molecular weight is 265 g/mol. The molecule has 0 aliphatic heterocycles. The molecule has 0 atom stereocenters. The highest BCUT2D eigenvalue weighted by Crippen LogP contribution is 2.20. The highest BCUT2D eigenvalue weighted by Gasteiger charge is 2.40. The lowest BCUT2D eigenvalue weighted by Crippen LogP contribution is -2.47. The topological polar surface area (TPSA) is 106 Å². The van der Waals surface area contributed by atoms with Crippen molar-refractivity contribution in [2.24, 2.45) is 17.2 Å². The third kappa shape index (κ3) is 6.46. The molecule has 0 radical (unpaired) electrons. The first kappa shape index (κ1) is 17.0. The molecule has 0 bridgehead atoms. The minimum Gasteiger partial charge on any atom is -0.377 e. The van der Waals surface area contributed by atoms with Crippen LogP contribution in [0.4, 0.5) is 0 Å². The molecule has 0 fully saturated rings. The maximum atomic E-state index is 6.00. The third-order valence-corrected chi connectivity index (χ3v) is 5.53. The summed E-state index contributed by atoms with van der Waals surface area (Å²) in [6.07, 6.45) is 2.36. The molecule has 6 nitrogen and oxygen atoms in total. The zero-order valence-corrected chi connectivity index (χ0v) is 12.0. The Kier molecular flexibility index (Phi) is 9.94. The van der Waals surface area contributed by atoms with Gasteiger partial charge < -0.3 is 30.5 Å². The average Bonchev–Trinajstić information content (AvgIpc) is 2.35. The zero-order chi connectivity index (χ0) is 13.1. The Bertz CT molecular complexity index is 176. The predicted molar refractivity (Wildman–Crippen MR) is 70.5 cm³/mol. The first-order valence-electron chi connectivity index (χ1n) is 6.06. The lowest BCUT2D eigenvalue weighted by Gasteiger charge is -2.31. The van der Waals surface area contributed by atoms with Crippen LogP contribution in [0.1, 0.15) is 19.3 Å². The number of hydrogen-bond acceptors (Lipinski definition) is 6. The lowest BCUT2D eigenvalue weighted by atomic mass is 10.2. The number of hydrogen-bond donors (Lipinski definition) is 3. The van der Waals surface area contributed by atoms with Crippen molar-refractivity contribution in [3.63, 3.8) is 0 Å². The Labute approximate surface area is 105 Å². The van der Waals surface area contributed by atoms with Gasteiger partial charge in [0.2, 0.25) is 0 Å². The minimum atomic E-state index is -2.59. The molecule has 7 heteroatoms. The van der Waals surface area contributed by atoms with E-state index in [1.807, 2.05) is 0 Å². The van der Waals surface area contributed by atoms with E-state index in [-0.39, 0.29) is 6.10 Å². The molecule has 0 saturated carbocycles. The largest absolute Gasteiger partial charge is 0.500 e. The van der Waals surface area contributed by atoms with Crippen LogP contribution in [0, 0.1) is 0 Å². The molecule has 0 unspecified atom stereocenters. The maximum Gasteiger partial charge on any atom is 0.500 e. The maximum absolute atomic E-state index is 6.00. The molecule has 0 spiro atoms. The van der Waals surface area contributed by atoms with Crippen molar-refractivity contribution in [1.82, 2.24) is 0 Å². The number of nitrogens with two attached hydrogens (primary N) is 3. The Morgan fingerprint density at radius 1 is 0.941 bits per heavy atom. The highest BCUT2D eigenvalue weighted by atomic mass is 28.4. The molecular formula is C10H27N3O3Si. The molecule has 0 aromatic heterocycles. The molecule has 0 aromatic carbocycles. The summed E-state index contributed by atoms with van der Waals surface area (Å²) >= 11 is 0. The van der Waals surface area contributed by atoms with Crippen LogP contribution in [0.3, 0.4) is 0 Å². The molecule has 0 aliphatic carbocycles. The fourth-order valence-corrected chi connectivity index (χ4v) is 3.92. The summed E-state index contributed by atoms with van der Waals surface area (Å²) in [7, 11) is 0.645. The minimum absolute atomic E-state index is 0.00865. The molecule has 0 heterocycles. The van der Waals surface area contributed by atoms with Gasteiger partial charge in [0.1, 0.15) is 0 Å². The quantitative estimate of drug-likeness (QED) is 0.441. The summed E-state index contributed by atoms with van der Waals surface area (Å²) in [6, 6.07) is 0.724. The van der Waals surface area contributed by atoms with Gasteiger partial charge in [0.05, 0.1) is 6.10 Å². The van der Waals surface area contributed by atoms with Crippen molar-refractivity contribution in [1.29, 1.82) is 0 Å². The second-order valence-corrected chi connectivity index (χ2v) is 6.80. The summed E-state index contributed by atoms with van der Waals surface area (Å²) in [4.78, 5) is 0. The predicted octanol–water partition coefficient (Wildman–Crippen LogP) is -0.350. The normalized spacial score (nSPS) is 12.4. The van der Waals surface area contributed by atoms with E-state index in [1.165, 1.54) is 0 Å². The van der Waals surface area contributed by atoms with Gasteiger partial charge in [-0.05, 0) is 38.9 Å². The van der Waals surface area contributed by atoms with E-state index in [9.17, 15) is 0 Å². The molecule has 0 rings (SSSR count). The second kappa shape index (κ2) is 9.95. The SMILES string of the molecule is CO[Si](CCCN)(OC)OC(CCN)CCN. The fourth-order valence-electron chi connectivity index (χ4n) is 1.65. The Morgan fingerprint density at radius 2 is 1.47 bits per heavy atom. The van der Waals surface area contributed by atoms with Gasteiger partial charge in [-0.15, -0.1) is 0 Å². The van der Waals surface area contributed by atoms with Crippen molar-refractivity contribution < 1.29 is 13.3 Å². The van der Waals surface area contributed by atoms with Gasteiger partial charge in [-0.2, -0.15) is 0 Å². The van der Waals surface area contributed by atoms with Gasteiger partial charge in [0.25, 0.3) is 0 Å². The molecule has 17 heavy (non-hydrogen) atoms. The van der Waals surface area contributed by atoms with E-state index >= 15 is 0 Å². The monoisotopic (exact) mass is 265 g/mol. The fraction of sp³-hybridized carbons (Fsp3) is 1.00. The molecule has 0 aliphatic rings. The third-order valence-electron chi connectivity index (χ3n) is 2.63. The molecule has 6 N–H and O–H groups in total. The summed E-state index contributed by atoms with van der Waals surface area (Å²) in [5.74, 6) is 0. The number of rotatable bonds is 11. The lowest BCUT2D eigenvalue weighted by molar-refractivity contribution is 0.0491. The van der Waals surface area contributed by atoms with Crippen LogP contribution < -0.4 is 17.2 Å². The van der Waals surface area contributed by atoms with Crippen LogP contribution in [0.5, 0.6) is 0 Å². The Hall–Kier alpha value is -0.0231. The van der Waals surface area contributed by atoms with Crippen molar-refractivity contribution in [2.75, 3.05) is 33.9 Å². The summed E-state index contributed by atoms with van der Waals surface area (Å²) in [6.45, 7) is 1.74. The van der Waals surface area contributed by atoms with Gasteiger partial charge in [-0.1, -0.05) is 0 Å². The summed E-state index contributed by atoms with van der Waals surface area (Å²) in [5, 5.41) is 0. The van der Waals surface area contributed by atoms with Crippen molar-refractivity contribution in [3.8, 4) is 0 Å². The van der Waals surface area contributed by atoms with E-state index in [0.29, 0.717) is 19.6 Å². The second-order valence-electron chi connectivity index (χ2n) is 3.88. The standard InChI is InChI=1S/C10H27N3O3Si/c1-14-17(15-2,9-3-6-11)16-10(4-7-12)5-8-13/h10H,3-9,11-13H2,1-2H3. The van der Waals surface area contributed by atoms with Crippen molar-refractivity contribution in [3.05, 3.63) is 0 Å². The molecule has 104 valence electrons. The van der Waals surface area contributed by atoms with Crippen LogP contribution >= 0.6 is 0 Å².